The van der Waals surface area contributed by atoms with Crippen LogP contribution in [0.25, 0.3) is 0 Å². The molecule has 0 fully saturated rings. The highest BCUT2D eigenvalue weighted by Gasteiger charge is 2.22. The molecule has 19 heavy (non-hydrogen) atoms. The number of hydrogen-bond donors (Lipinski definition) is 1. The number of aryl methyl sites for hydroxylation is 2. The number of nitrogens with zero attached hydrogens (tertiary/aromatic N) is 2. The van der Waals surface area contributed by atoms with Gasteiger partial charge >= 0.3 is 0 Å². The van der Waals surface area contributed by atoms with Crippen LogP contribution in [0.2, 0.25) is 0 Å². The summed E-state index contributed by atoms with van der Waals surface area (Å²) in [5.74, 6) is 0.993. The molecule has 0 bridgehead atoms. The van der Waals surface area contributed by atoms with Gasteiger partial charge in [-0.2, -0.15) is 0 Å². The van der Waals surface area contributed by atoms with Gasteiger partial charge < -0.3 is 5.32 Å². The summed E-state index contributed by atoms with van der Waals surface area (Å²) in [6.45, 7) is 2.96. The lowest BCUT2D eigenvalue weighted by Crippen LogP contribution is -2.26. The quantitative estimate of drug-likeness (QED) is 0.878. The van der Waals surface area contributed by atoms with Crippen LogP contribution in [0.4, 0.5) is 0 Å². The minimum Gasteiger partial charge on any atom is -0.319 e. The van der Waals surface area contributed by atoms with Crippen LogP contribution in [-0.4, -0.2) is 38.2 Å². The number of sulfone groups is 1. The molecule has 0 saturated heterocycles. The van der Waals surface area contributed by atoms with Crippen molar-refractivity contribution in [3.05, 3.63) is 22.8 Å². The largest absolute Gasteiger partial charge is 0.319 e. The Morgan fingerprint density at radius 2 is 2.11 bits per heavy atom. The molecule has 0 spiro atoms. The Balaban J connectivity index is 2.26. The molecular weight excluding hydrogens is 262 g/mol. The molecule has 1 aromatic rings. The van der Waals surface area contributed by atoms with Crippen LogP contribution < -0.4 is 5.32 Å². The van der Waals surface area contributed by atoms with Gasteiger partial charge in [-0.3, -0.25) is 0 Å². The summed E-state index contributed by atoms with van der Waals surface area (Å²) < 4.78 is 22.7. The second kappa shape index (κ2) is 5.54. The molecule has 0 aliphatic heterocycles. The molecule has 106 valence electrons. The van der Waals surface area contributed by atoms with Crippen LogP contribution in [0.5, 0.6) is 0 Å². The van der Waals surface area contributed by atoms with E-state index in [1.165, 1.54) is 11.8 Å². The lowest BCUT2D eigenvalue weighted by Gasteiger charge is -2.25. The molecule has 1 aliphatic rings. The van der Waals surface area contributed by atoms with Gasteiger partial charge in [0.15, 0.2) is 9.84 Å². The van der Waals surface area contributed by atoms with E-state index in [2.05, 4.69) is 15.3 Å². The molecule has 1 aromatic heterocycles. The standard InChI is InChI=1S/C13H21N3O2S/c1-9-11-6-10(7-14-2)4-5-12(11)16-13(15-9)8-19(3,17)18/h10,14H,4-8H2,1-3H3. The predicted octanol–water partition coefficient (Wildman–Crippen LogP) is 0.654. The Hall–Kier alpha value is -1.01. The van der Waals surface area contributed by atoms with Crippen molar-refractivity contribution in [3.63, 3.8) is 0 Å². The normalized spacial score (nSPS) is 19.2. The van der Waals surface area contributed by atoms with Gasteiger partial charge in [-0.05, 0) is 51.3 Å². The smallest absolute Gasteiger partial charge is 0.154 e. The van der Waals surface area contributed by atoms with Crippen LogP contribution in [0.15, 0.2) is 0 Å². The van der Waals surface area contributed by atoms with Crippen LogP contribution in [0, 0.1) is 12.8 Å². The van der Waals surface area contributed by atoms with Crippen LogP contribution in [0.3, 0.4) is 0 Å². The number of rotatable bonds is 4. The summed E-state index contributed by atoms with van der Waals surface area (Å²) in [5, 5.41) is 3.21. The average molecular weight is 283 g/mol. The highest BCUT2D eigenvalue weighted by molar-refractivity contribution is 7.89. The first-order chi connectivity index (χ1) is 8.89. The van der Waals surface area contributed by atoms with E-state index >= 15 is 0 Å². The third-order valence-electron chi connectivity index (χ3n) is 3.51. The fraction of sp³-hybridized carbons (Fsp3) is 0.692. The van der Waals surface area contributed by atoms with Gasteiger partial charge in [-0.15, -0.1) is 0 Å². The molecule has 1 heterocycles. The number of fused-ring (bicyclic) bond motifs is 1. The zero-order chi connectivity index (χ0) is 14.0. The van der Waals surface area contributed by atoms with Crippen molar-refractivity contribution in [3.8, 4) is 0 Å². The van der Waals surface area contributed by atoms with E-state index in [4.69, 9.17) is 0 Å². The zero-order valence-electron chi connectivity index (χ0n) is 11.7. The van der Waals surface area contributed by atoms with Gasteiger partial charge in [0.25, 0.3) is 0 Å². The van der Waals surface area contributed by atoms with Gasteiger partial charge in [-0.25, -0.2) is 18.4 Å². The first-order valence-electron chi connectivity index (χ1n) is 6.56. The van der Waals surface area contributed by atoms with E-state index in [9.17, 15) is 8.42 Å². The van der Waals surface area contributed by atoms with Crippen molar-refractivity contribution in [1.29, 1.82) is 0 Å². The van der Waals surface area contributed by atoms with Crippen LogP contribution in [-0.2, 0) is 28.4 Å². The molecule has 0 radical (unpaired) electrons. The summed E-state index contributed by atoms with van der Waals surface area (Å²) in [7, 11) is -1.11. The SMILES string of the molecule is CNCC1CCc2nc(CS(C)(=O)=O)nc(C)c2C1. The maximum Gasteiger partial charge on any atom is 0.154 e. The third kappa shape index (κ3) is 3.73. The Morgan fingerprint density at radius 3 is 2.74 bits per heavy atom. The lowest BCUT2D eigenvalue weighted by molar-refractivity contribution is 0.431. The van der Waals surface area contributed by atoms with Crippen molar-refractivity contribution < 1.29 is 8.42 Å². The molecule has 1 N–H and O–H groups in total. The highest BCUT2D eigenvalue weighted by atomic mass is 32.2. The van der Waals surface area contributed by atoms with Crippen LogP contribution >= 0.6 is 0 Å². The summed E-state index contributed by atoms with van der Waals surface area (Å²) in [5.41, 5.74) is 3.19. The number of aromatic nitrogens is 2. The molecule has 1 atom stereocenters. The molecule has 6 heteroatoms. The van der Waals surface area contributed by atoms with Gasteiger partial charge in [-0.1, -0.05) is 0 Å². The van der Waals surface area contributed by atoms with E-state index < -0.39 is 9.84 Å². The number of hydrogen-bond acceptors (Lipinski definition) is 5. The Morgan fingerprint density at radius 1 is 1.37 bits per heavy atom. The van der Waals surface area contributed by atoms with E-state index in [1.807, 2.05) is 14.0 Å². The second-order valence-electron chi connectivity index (χ2n) is 5.39. The van der Waals surface area contributed by atoms with Crippen molar-refractivity contribution in [2.75, 3.05) is 19.8 Å². The van der Waals surface area contributed by atoms with E-state index in [0.717, 1.165) is 37.2 Å². The first-order valence-corrected chi connectivity index (χ1v) is 8.62. The Bertz CT molecular complexity index is 569. The van der Waals surface area contributed by atoms with E-state index in [1.54, 1.807) is 0 Å². The molecule has 0 aromatic carbocycles. The predicted molar refractivity (Wildman–Crippen MR) is 74.8 cm³/mol. The van der Waals surface area contributed by atoms with Gasteiger partial charge in [0.2, 0.25) is 0 Å². The first kappa shape index (κ1) is 14.4. The monoisotopic (exact) mass is 283 g/mol. The van der Waals surface area contributed by atoms with Crippen LogP contribution in [0.1, 0.15) is 29.2 Å². The van der Waals surface area contributed by atoms with Crippen molar-refractivity contribution >= 4 is 9.84 Å². The molecule has 5 nitrogen and oxygen atoms in total. The molecule has 1 unspecified atom stereocenters. The molecule has 0 amide bonds. The second-order valence-corrected chi connectivity index (χ2v) is 7.53. The third-order valence-corrected chi connectivity index (χ3v) is 4.29. The summed E-state index contributed by atoms with van der Waals surface area (Å²) in [4.78, 5) is 8.80. The number of nitrogens with one attached hydrogen (secondary N) is 1. The van der Waals surface area contributed by atoms with Gasteiger partial charge in [0.05, 0.1) is 0 Å². The van der Waals surface area contributed by atoms with Crippen molar-refractivity contribution in [2.24, 2.45) is 5.92 Å². The molecule has 0 saturated carbocycles. The molecular formula is C13H21N3O2S. The minimum atomic E-state index is -3.07. The fourth-order valence-electron chi connectivity index (χ4n) is 2.68. The minimum absolute atomic E-state index is 0.0684. The summed E-state index contributed by atoms with van der Waals surface area (Å²) >= 11 is 0. The summed E-state index contributed by atoms with van der Waals surface area (Å²) in [6.07, 6.45) is 4.22. The summed E-state index contributed by atoms with van der Waals surface area (Å²) in [6, 6.07) is 0. The van der Waals surface area contributed by atoms with E-state index in [0.29, 0.717) is 11.7 Å². The average Bonchev–Trinajstić information content (AvgIpc) is 2.28. The topological polar surface area (TPSA) is 72.0 Å². The fourth-order valence-corrected chi connectivity index (χ4v) is 3.28. The van der Waals surface area contributed by atoms with Crippen molar-refractivity contribution in [1.82, 2.24) is 15.3 Å². The maximum atomic E-state index is 11.3. The maximum absolute atomic E-state index is 11.3. The molecule has 1 aliphatic carbocycles. The zero-order valence-corrected chi connectivity index (χ0v) is 12.5. The van der Waals surface area contributed by atoms with E-state index in [-0.39, 0.29) is 5.75 Å². The Labute approximate surface area is 114 Å². The van der Waals surface area contributed by atoms with Gasteiger partial charge in [0, 0.05) is 17.6 Å². The lowest BCUT2D eigenvalue weighted by atomic mass is 9.86. The highest BCUT2D eigenvalue weighted by Crippen LogP contribution is 2.26. The Kier molecular flexibility index (Phi) is 4.20. The van der Waals surface area contributed by atoms with Gasteiger partial charge in [0.1, 0.15) is 11.6 Å². The van der Waals surface area contributed by atoms with Crippen molar-refractivity contribution in [2.45, 2.75) is 31.9 Å². The molecule has 2 rings (SSSR count).